The summed E-state index contributed by atoms with van der Waals surface area (Å²) in [6.07, 6.45) is 0.644. The van der Waals surface area contributed by atoms with Gasteiger partial charge in [0, 0.05) is 23.1 Å². The molecule has 2 N–H and O–H groups in total. The van der Waals surface area contributed by atoms with Crippen LogP contribution in [-0.2, 0) is 12.0 Å². The fourth-order valence-electron chi connectivity index (χ4n) is 1.73. The van der Waals surface area contributed by atoms with Gasteiger partial charge in [-0.3, -0.25) is 0 Å². The molecule has 0 saturated heterocycles. The zero-order valence-corrected chi connectivity index (χ0v) is 8.43. The van der Waals surface area contributed by atoms with Crippen molar-refractivity contribution in [1.82, 2.24) is 0 Å². The van der Waals surface area contributed by atoms with Gasteiger partial charge in [0.05, 0.1) is 6.61 Å². The summed E-state index contributed by atoms with van der Waals surface area (Å²) in [4.78, 5) is 0. The van der Waals surface area contributed by atoms with E-state index in [0.29, 0.717) is 29.9 Å². The number of halogens is 1. The van der Waals surface area contributed by atoms with E-state index in [9.17, 15) is 4.39 Å². The lowest BCUT2D eigenvalue weighted by Crippen LogP contribution is -2.30. The molecule has 0 unspecified atom stereocenters. The van der Waals surface area contributed by atoms with Gasteiger partial charge in [-0.15, -0.1) is 0 Å². The number of benzene rings is 1. The first kappa shape index (κ1) is 9.46. The lowest BCUT2D eigenvalue weighted by molar-refractivity contribution is 0.356. The minimum Gasteiger partial charge on any atom is -0.493 e. The maximum Gasteiger partial charge on any atom is 0.135 e. The Bertz CT molecular complexity index is 368. The average Bonchev–Trinajstić information content (AvgIpc) is 2.50. The summed E-state index contributed by atoms with van der Waals surface area (Å²) in [6, 6.07) is 3.51. The van der Waals surface area contributed by atoms with Crippen LogP contribution >= 0.6 is 0 Å². The molecule has 2 rings (SSSR count). The molecule has 0 bridgehead atoms. The van der Waals surface area contributed by atoms with Gasteiger partial charge in [0.2, 0.25) is 0 Å². The first-order valence-corrected chi connectivity index (χ1v) is 4.73. The molecule has 0 atom stereocenters. The quantitative estimate of drug-likeness (QED) is 0.743. The van der Waals surface area contributed by atoms with Crippen molar-refractivity contribution >= 4 is 0 Å². The highest BCUT2D eigenvalue weighted by Crippen LogP contribution is 2.32. The molecule has 0 saturated carbocycles. The van der Waals surface area contributed by atoms with Crippen LogP contribution in [0.25, 0.3) is 0 Å². The van der Waals surface area contributed by atoms with Crippen molar-refractivity contribution in [3.63, 3.8) is 0 Å². The molecule has 1 aromatic carbocycles. The van der Waals surface area contributed by atoms with Crippen LogP contribution in [-0.4, -0.2) is 6.61 Å². The second-order valence-corrected chi connectivity index (χ2v) is 4.22. The van der Waals surface area contributed by atoms with E-state index < -0.39 is 5.54 Å². The Morgan fingerprint density at radius 1 is 1.43 bits per heavy atom. The Kier molecular flexibility index (Phi) is 2.00. The molecule has 1 heterocycles. The topological polar surface area (TPSA) is 35.2 Å². The van der Waals surface area contributed by atoms with Crippen LogP contribution in [0.3, 0.4) is 0 Å². The van der Waals surface area contributed by atoms with Gasteiger partial charge in [0.25, 0.3) is 0 Å². The average molecular weight is 195 g/mol. The zero-order chi connectivity index (χ0) is 10.3. The van der Waals surface area contributed by atoms with E-state index in [0.717, 1.165) is 0 Å². The molecule has 14 heavy (non-hydrogen) atoms. The molecule has 0 aliphatic carbocycles. The largest absolute Gasteiger partial charge is 0.493 e. The summed E-state index contributed by atoms with van der Waals surface area (Å²) in [5, 5.41) is 0. The van der Waals surface area contributed by atoms with Gasteiger partial charge in [0.15, 0.2) is 0 Å². The smallest absolute Gasteiger partial charge is 0.135 e. The van der Waals surface area contributed by atoms with E-state index in [2.05, 4.69) is 0 Å². The van der Waals surface area contributed by atoms with E-state index >= 15 is 0 Å². The van der Waals surface area contributed by atoms with Crippen LogP contribution in [0.5, 0.6) is 5.75 Å². The zero-order valence-electron chi connectivity index (χ0n) is 8.43. The Morgan fingerprint density at radius 3 is 2.79 bits per heavy atom. The number of ether oxygens (including phenoxy) is 1. The lowest BCUT2D eigenvalue weighted by Gasteiger charge is -2.20. The molecule has 0 aromatic heterocycles. The highest BCUT2D eigenvalue weighted by molar-refractivity contribution is 5.43. The number of hydrogen-bond donors (Lipinski definition) is 1. The van der Waals surface area contributed by atoms with Crippen molar-refractivity contribution in [2.75, 3.05) is 6.61 Å². The van der Waals surface area contributed by atoms with Crippen LogP contribution in [0.15, 0.2) is 12.1 Å². The number of rotatable bonds is 1. The molecule has 2 nitrogen and oxygen atoms in total. The van der Waals surface area contributed by atoms with Crippen LogP contribution in [0.4, 0.5) is 4.39 Å². The summed E-state index contributed by atoms with van der Waals surface area (Å²) >= 11 is 0. The molecule has 1 aromatic rings. The third kappa shape index (κ3) is 1.38. The summed E-state index contributed by atoms with van der Waals surface area (Å²) in [6.45, 7) is 4.17. The molecule has 0 spiro atoms. The van der Waals surface area contributed by atoms with Crippen LogP contribution in [0, 0.1) is 5.82 Å². The van der Waals surface area contributed by atoms with E-state index in [4.69, 9.17) is 10.5 Å². The van der Waals surface area contributed by atoms with Gasteiger partial charge in [0.1, 0.15) is 11.6 Å². The van der Waals surface area contributed by atoms with Crippen molar-refractivity contribution in [2.24, 2.45) is 5.73 Å². The van der Waals surface area contributed by atoms with E-state index in [-0.39, 0.29) is 5.82 Å². The highest BCUT2D eigenvalue weighted by Gasteiger charge is 2.25. The summed E-state index contributed by atoms with van der Waals surface area (Å²) in [5.41, 5.74) is 6.46. The first-order chi connectivity index (χ1) is 6.50. The molecule has 1 aliphatic heterocycles. The summed E-state index contributed by atoms with van der Waals surface area (Å²) in [7, 11) is 0. The second-order valence-electron chi connectivity index (χ2n) is 4.22. The molecular weight excluding hydrogens is 181 g/mol. The Labute approximate surface area is 82.9 Å². The molecule has 0 fully saturated rings. The maximum absolute atomic E-state index is 13.9. The summed E-state index contributed by atoms with van der Waals surface area (Å²) in [5.74, 6) is 0.461. The molecule has 0 amide bonds. The van der Waals surface area contributed by atoms with E-state index in [1.165, 1.54) is 0 Å². The third-order valence-corrected chi connectivity index (χ3v) is 2.50. The lowest BCUT2D eigenvalue weighted by atomic mass is 9.92. The predicted octanol–water partition coefficient (Wildman–Crippen LogP) is 1.95. The molecular formula is C11H14FNO. The molecule has 3 heteroatoms. The van der Waals surface area contributed by atoms with E-state index in [1.54, 1.807) is 26.0 Å². The van der Waals surface area contributed by atoms with Crippen molar-refractivity contribution in [3.05, 3.63) is 29.1 Å². The highest BCUT2D eigenvalue weighted by atomic mass is 19.1. The molecule has 1 aliphatic rings. The van der Waals surface area contributed by atoms with Gasteiger partial charge in [-0.2, -0.15) is 0 Å². The monoisotopic (exact) mass is 195 g/mol. The molecule has 76 valence electrons. The SMILES string of the molecule is CC(C)(N)c1ccc2c(c1F)CCO2. The number of fused-ring (bicyclic) bond motifs is 1. The van der Waals surface area contributed by atoms with Gasteiger partial charge < -0.3 is 10.5 Å². The number of nitrogens with two attached hydrogens (primary N) is 1. The Hall–Kier alpha value is -1.09. The van der Waals surface area contributed by atoms with Gasteiger partial charge >= 0.3 is 0 Å². The Morgan fingerprint density at radius 2 is 2.14 bits per heavy atom. The third-order valence-electron chi connectivity index (χ3n) is 2.50. The van der Waals surface area contributed by atoms with Gasteiger partial charge in [-0.25, -0.2) is 4.39 Å². The minimum atomic E-state index is -0.637. The fraction of sp³-hybridized carbons (Fsp3) is 0.455. The number of hydrogen-bond acceptors (Lipinski definition) is 2. The molecule has 0 radical (unpaired) electrons. The van der Waals surface area contributed by atoms with Crippen molar-refractivity contribution < 1.29 is 9.13 Å². The second kappa shape index (κ2) is 2.95. The van der Waals surface area contributed by atoms with Crippen LogP contribution < -0.4 is 10.5 Å². The standard InChI is InChI=1S/C11H14FNO/c1-11(2,13)8-3-4-9-7(10(8)12)5-6-14-9/h3-4H,5-6,13H2,1-2H3. The minimum absolute atomic E-state index is 0.201. The van der Waals surface area contributed by atoms with Gasteiger partial charge in [-0.05, 0) is 19.9 Å². The normalized spacial score (nSPS) is 15.1. The Balaban J connectivity index is 2.56. The fourth-order valence-corrected chi connectivity index (χ4v) is 1.73. The first-order valence-electron chi connectivity index (χ1n) is 4.73. The van der Waals surface area contributed by atoms with Crippen LogP contribution in [0.1, 0.15) is 25.0 Å². The maximum atomic E-state index is 13.9. The van der Waals surface area contributed by atoms with Crippen LogP contribution in [0.2, 0.25) is 0 Å². The van der Waals surface area contributed by atoms with Crippen molar-refractivity contribution in [1.29, 1.82) is 0 Å². The van der Waals surface area contributed by atoms with E-state index in [1.807, 2.05) is 0 Å². The van der Waals surface area contributed by atoms with Gasteiger partial charge in [-0.1, -0.05) is 6.07 Å². The van der Waals surface area contributed by atoms with Crippen molar-refractivity contribution in [3.8, 4) is 5.75 Å². The van der Waals surface area contributed by atoms with Crippen molar-refractivity contribution in [2.45, 2.75) is 25.8 Å². The predicted molar refractivity (Wildman–Crippen MR) is 52.8 cm³/mol. The summed E-state index contributed by atoms with van der Waals surface area (Å²) < 4.78 is 19.2.